The van der Waals surface area contributed by atoms with E-state index >= 15 is 0 Å². The van der Waals surface area contributed by atoms with Crippen molar-refractivity contribution in [1.82, 2.24) is 5.32 Å². The van der Waals surface area contributed by atoms with E-state index in [4.69, 9.17) is 16.3 Å². The molecule has 0 fully saturated rings. The quantitative estimate of drug-likeness (QED) is 0.509. The minimum absolute atomic E-state index is 0.710. The molecule has 0 aliphatic carbocycles. The molecule has 1 rings (SSSR count). The number of nitrogens with one attached hydrogen (secondary N) is 1. The number of hydrogen-bond donors (Lipinski definition) is 1. The molecule has 3 heteroatoms. The minimum atomic E-state index is 0.710. The number of unbranched alkanes of at least 4 members (excludes halogenated alkanes) is 7. The first kappa shape index (κ1) is 18.3. The second-order valence-electron chi connectivity index (χ2n) is 5.58. The Morgan fingerprint density at radius 3 is 2.33 bits per heavy atom. The van der Waals surface area contributed by atoms with E-state index in [9.17, 15) is 0 Å². The summed E-state index contributed by atoms with van der Waals surface area (Å²) in [7, 11) is 1.93. The molecule has 0 heterocycles. The summed E-state index contributed by atoms with van der Waals surface area (Å²) >= 11 is 6.22. The lowest BCUT2D eigenvalue weighted by atomic mass is 10.1. The van der Waals surface area contributed by atoms with Crippen molar-refractivity contribution in [3.63, 3.8) is 0 Å². The zero-order valence-corrected chi connectivity index (χ0v) is 14.3. The van der Waals surface area contributed by atoms with Gasteiger partial charge in [-0.15, -0.1) is 0 Å². The van der Waals surface area contributed by atoms with E-state index in [2.05, 4.69) is 18.3 Å². The zero-order valence-electron chi connectivity index (χ0n) is 13.6. The Hall–Kier alpha value is -0.730. The third kappa shape index (κ3) is 7.73. The Bertz CT molecular complexity index is 381. The lowest BCUT2D eigenvalue weighted by molar-refractivity contribution is 0.301. The summed E-state index contributed by atoms with van der Waals surface area (Å²) in [6.45, 7) is 3.80. The van der Waals surface area contributed by atoms with Gasteiger partial charge >= 0.3 is 0 Å². The molecule has 2 nitrogen and oxygen atoms in total. The molecule has 1 aromatic carbocycles. The number of benzene rings is 1. The van der Waals surface area contributed by atoms with Crippen LogP contribution >= 0.6 is 11.6 Å². The minimum Gasteiger partial charge on any atom is -0.492 e. The van der Waals surface area contributed by atoms with Crippen molar-refractivity contribution >= 4 is 11.6 Å². The lowest BCUT2D eigenvalue weighted by Crippen LogP contribution is -2.08. The van der Waals surface area contributed by atoms with Gasteiger partial charge < -0.3 is 10.1 Å². The predicted octanol–water partition coefficient (Wildman–Crippen LogP) is 5.58. The van der Waals surface area contributed by atoms with E-state index in [0.29, 0.717) is 5.02 Å². The Labute approximate surface area is 135 Å². The first-order valence-electron chi connectivity index (χ1n) is 8.34. The van der Waals surface area contributed by atoms with E-state index < -0.39 is 0 Å². The van der Waals surface area contributed by atoms with Gasteiger partial charge in [0.25, 0.3) is 0 Å². The lowest BCUT2D eigenvalue weighted by Gasteiger charge is -2.13. The fraction of sp³-hybridized carbons (Fsp3) is 0.667. The van der Waals surface area contributed by atoms with Crippen LogP contribution in [0.15, 0.2) is 18.2 Å². The van der Waals surface area contributed by atoms with Gasteiger partial charge in [0.1, 0.15) is 5.75 Å². The van der Waals surface area contributed by atoms with Crippen LogP contribution in [0.1, 0.15) is 63.9 Å². The summed E-state index contributed by atoms with van der Waals surface area (Å²) in [5.74, 6) is 0.844. The maximum Gasteiger partial charge on any atom is 0.142 e. The molecule has 0 saturated carbocycles. The van der Waals surface area contributed by atoms with Crippen molar-refractivity contribution < 1.29 is 4.74 Å². The van der Waals surface area contributed by atoms with Crippen molar-refractivity contribution in [2.75, 3.05) is 13.7 Å². The summed E-state index contributed by atoms with van der Waals surface area (Å²) in [4.78, 5) is 0. The number of para-hydroxylation sites is 1. The number of hydrogen-bond acceptors (Lipinski definition) is 2. The van der Waals surface area contributed by atoms with Gasteiger partial charge in [-0.1, -0.05) is 75.6 Å². The van der Waals surface area contributed by atoms with Crippen molar-refractivity contribution in [1.29, 1.82) is 0 Å². The fourth-order valence-corrected chi connectivity index (χ4v) is 2.70. The Balaban J connectivity index is 2.18. The third-order valence-electron chi connectivity index (χ3n) is 3.66. The standard InChI is InChI=1S/C18H30ClNO/c1-3-4-5-6-7-8-9-10-14-21-18-16(15-20-2)12-11-13-17(18)19/h11-13,20H,3-10,14-15H2,1-2H3. The van der Waals surface area contributed by atoms with Crippen molar-refractivity contribution in [2.45, 2.75) is 64.8 Å². The van der Waals surface area contributed by atoms with Crippen LogP contribution in [0, 0.1) is 0 Å². The van der Waals surface area contributed by atoms with Gasteiger partial charge in [-0.25, -0.2) is 0 Å². The van der Waals surface area contributed by atoms with Crippen molar-refractivity contribution in [3.05, 3.63) is 28.8 Å². The summed E-state index contributed by atoms with van der Waals surface area (Å²) in [6.07, 6.45) is 10.5. The van der Waals surface area contributed by atoms with Crippen molar-refractivity contribution in [3.8, 4) is 5.75 Å². The highest BCUT2D eigenvalue weighted by molar-refractivity contribution is 6.32. The van der Waals surface area contributed by atoms with E-state index in [0.717, 1.165) is 30.9 Å². The molecule has 0 amide bonds. The number of rotatable bonds is 12. The highest BCUT2D eigenvalue weighted by atomic mass is 35.5. The second kappa shape index (κ2) is 11.9. The highest BCUT2D eigenvalue weighted by Crippen LogP contribution is 2.28. The van der Waals surface area contributed by atoms with E-state index in [1.165, 1.54) is 44.9 Å². The normalized spacial score (nSPS) is 10.8. The van der Waals surface area contributed by atoms with Crippen LogP contribution in [0.5, 0.6) is 5.75 Å². The van der Waals surface area contributed by atoms with Gasteiger partial charge in [0.15, 0.2) is 0 Å². The molecule has 1 aromatic rings. The maximum absolute atomic E-state index is 6.22. The van der Waals surface area contributed by atoms with Crippen molar-refractivity contribution in [2.24, 2.45) is 0 Å². The van der Waals surface area contributed by atoms with Gasteiger partial charge in [0.05, 0.1) is 11.6 Å². The van der Waals surface area contributed by atoms with Gasteiger partial charge in [-0.3, -0.25) is 0 Å². The molecule has 0 saturated heterocycles. The van der Waals surface area contributed by atoms with Gasteiger partial charge in [0.2, 0.25) is 0 Å². The molecule has 0 aromatic heterocycles. The molecule has 0 spiro atoms. The molecular weight excluding hydrogens is 282 g/mol. The van der Waals surface area contributed by atoms with E-state index in [1.807, 2.05) is 19.2 Å². The zero-order chi connectivity index (χ0) is 15.3. The van der Waals surface area contributed by atoms with Crippen LogP contribution in [0.4, 0.5) is 0 Å². The topological polar surface area (TPSA) is 21.3 Å². The van der Waals surface area contributed by atoms with E-state index in [-0.39, 0.29) is 0 Å². The third-order valence-corrected chi connectivity index (χ3v) is 3.96. The predicted molar refractivity (Wildman–Crippen MR) is 92.3 cm³/mol. The smallest absolute Gasteiger partial charge is 0.142 e. The molecule has 0 radical (unpaired) electrons. The van der Waals surface area contributed by atoms with Gasteiger partial charge in [-0.05, 0) is 19.5 Å². The number of halogens is 1. The Kier molecular flexibility index (Phi) is 10.4. The fourth-order valence-electron chi connectivity index (χ4n) is 2.45. The molecule has 0 unspecified atom stereocenters. The Morgan fingerprint density at radius 2 is 1.67 bits per heavy atom. The molecule has 0 aliphatic rings. The van der Waals surface area contributed by atoms with Gasteiger partial charge in [-0.2, -0.15) is 0 Å². The first-order valence-corrected chi connectivity index (χ1v) is 8.72. The second-order valence-corrected chi connectivity index (χ2v) is 5.99. The molecule has 0 aliphatic heterocycles. The molecule has 1 N–H and O–H groups in total. The highest BCUT2D eigenvalue weighted by Gasteiger charge is 2.07. The molecular formula is C18H30ClNO. The monoisotopic (exact) mass is 311 g/mol. The summed E-state index contributed by atoms with van der Waals surface area (Å²) in [5, 5.41) is 3.86. The van der Waals surface area contributed by atoms with Crippen LogP contribution < -0.4 is 10.1 Å². The Morgan fingerprint density at radius 1 is 1.00 bits per heavy atom. The van der Waals surface area contributed by atoms with E-state index in [1.54, 1.807) is 0 Å². The molecule has 21 heavy (non-hydrogen) atoms. The largest absolute Gasteiger partial charge is 0.492 e. The maximum atomic E-state index is 6.22. The SMILES string of the molecule is CCCCCCCCCCOc1c(Cl)cccc1CNC. The number of ether oxygens (including phenoxy) is 1. The first-order chi connectivity index (χ1) is 10.3. The van der Waals surface area contributed by atoms with Gasteiger partial charge in [0, 0.05) is 12.1 Å². The molecule has 0 bridgehead atoms. The van der Waals surface area contributed by atoms with Crippen LogP contribution in [0.2, 0.25) is 5.02 Å². The van der Waals surface area contributed by atoms with Crippen LogP contribution in [-0.2, 0) is 6.54 Å². The summed E-state index contributed by atoms with van der Waals surface area (Å²) in [5.41, 5.74) is 1.13. The van der Waals surface area contributed by atoms with Crippen LogP contribution in [-0.4, -0.2) is 13.7 Å². The summed E-state index contributed by atoms with van der Waals surface area (Å²) < 4.78 is 5.89. The van der Waals surface area contributed by atoms with Crippen LogP contribution in [0.3, 0.4) is 0 Å². The average Bonchev–Trinajstić information content (AvgIpc) is 2.48. The molecule has 120 valence electrons. The molecule has 0 atom stereocenters. The average molecular weight is 312 g/mol. The summed E-state index contributed by atoms with van der Waals surface area (Å²) in [6, 6.07) is 5.92. The van der Waals surface area contributed by atoms with Crippen LogP contribution in [0.25, 0.3) is 0 Å².